The highest BCUT2D eigenvalue weighted by Gasteiger charge is 2.39. The Morgan fingerprint density at radius 1 is 1.14 bits per heavy atom. The number of carbonyl (C=O) groups is 2. The fraction of sp³-hybridized carbons (Fsp3) is 0.875. The number of amides is 1. The van der Waals surface area contributed by atoms with Crippen molar-refractivity contribution in [2.24, 2.45) is 5.92 Å². The Balaban J connectivity index is 1.67. The highest BCUT2D eigenvalue weighted by Crippen LogP contribution is 2.34. The van der Waals surface area contributed by atoms with Crippen molar-refractivity contribution in [3.63, 3.8) is 0 Å². The van der Waals surface area contributed by atoms with Gasteiger partial charge in [-0.05, 0) is 46.5 Å². The van der Waals surface area contributed by atoms with E-state index in [-0.39, 0.29) is 24.0 Å². The van der Waals surface area contributed by atoms with Crippen molar-refractivity contribution in [3.05, 3.63) is 0 Å². The second-order valence-corrected chi connectivity index (χ2v) is 7.30. The molecule has 2 fully saturated rings. The summed E-state index contributed by atoms with van der Waals surface area (Å²) in [6, 6.07) is 0.675. The molecule has 1 heterocycles. The van der Waals surface area contributed by atoms with Crippen LogP contribution in [0, 0.1) is 5.92 Å². The van der Waals surface area contributed by atoms with E-state index < -0.39 is 5.60 Å². The average Bonchev–Trinajstić information content (AvgIpc) is 2.36. The van der Waals surface area contributed by atoms with Crippen LogP contribution in [0.1, 0.15) is 46.5 Å². The summed E-state index contributed by atoms with van der Waals surface area (Å²) in [5, 5.41) is 2.95. The zero-order chi connectivity index (χ0) is 16.3. The predicted molar refractivity (Wildman–Crippen MR) is 82.5 cm³/mol. The van der Waals surface area contributed by atoms with Crippen LogP contribution in [0.4, 0.5) is 4.79 Å². The highest BCUT2D eigenvalue weighted by atomic mass is 16.6. The van der Waals surface area contributed by atoms with Crippen LogP contribution >= 0.6 is 0 Å². The van der Waals surface area contributed by atoms with Crippen molar-refractivity contribution in [1.82, 2.24) is 10.2 Å². The van der Waals surface area contributed by atoms with Crippen LogP contribution in [0.2, 0.25) is 0 Å². The molecule has 0 unspecified atom stereocenters. The molecule has 2 rings (SSSR count). The summed E-state index contributed by atoms with van der Waals surface area (Å²) in [6.45, 7) is 7.51. The van der Waals surface area contributed by atoms with E-state index in [0.29, 0.717) is 6.04 Å². The van der Waals surface area contributed by atoms with Gasteiger partial charge in [0.25, 0.3) is 0 Å². The van der Waals surface area contributed by atoms with Crippen molar-refractivity contribution in [1.29, 1.82) is 0 Å². The first-order valence-electron chi connectivity index (χ1n) is 8.10. The topological polar surface area (TPSA) is 67.9 Å². The summed E-state index contributed by atoms with van der Waals surface area (Å²) in [5.41, 5.74) is -0.459. The number of methoxy groups -OCH3 is 1. The number of esters is 1. The maximum absolute atomic E-state index is 11.8. The molecule has 1 amide bonds. The first-order valence-corrected chi connectivity index (χ1v) is 8.10. The number of piperidine rings is 1. The summed E-state index contributed by atoms with van der Waals surface area (Å²) >= 11 is 0. The van der Waals surface area contributed by atoms with Crippen LogP contribution in [-0.2, 0) is 14.3 Å². The van der Waals surface area contributed by atoms with Gasteiger partial charge in [-0.3, -0.25) is 4.79 Å². The molecule has 0 radical (unpaired) electrons. The highest BCUT2D eigenvalue weighted by molar-refractivity contribution is 5.73. The number of hydrogen-bond donors (Lipinski definition) is 1. The summed E-state index contributed by atoms with van der Waals surface area (Å²) in [5.74, 6) is -0.00894. The molecule has 1 aliphatic heterocycles. The minimum Gasteiger partial charge on any atom is -0.469 e. The third-order valence-corrected chi connectivity index (χ3v) is 4.41. The molecular weight excluding hydrogens is 284 g/mol. The van der Waals surface area contributed by atoms with Gasteiger partial charge in [-0.1, -0.05) is 0 Å². The van der Waals surface area contributed by atoms with Crippen molar-refractivity contribution in [2.45, 2.75) is 64.1 Å². The molecule has 6 nitrogen and oxygen atoms in total. The molecule has 1 N–H and O–H groups in total. The summed E-state index contributed by atoms with van der Waals surface area (Å²) < 4.78 is 10.1. The van der Waals surface area contributed by atoms with Crippen molar-refractivity contribution < 1.29 is 19.1 Å². The van der Waals surface area contributed by atoms with Crippen molar-refractivity contribution >= 4 is 12.1 Å². The Bertz CT molecular complexity index is 405. The van der Waals surface area contributed by atoms with E-state index >= 15 is 0 Å². The predicted octanol–water partition coefficient (Wildman–Crippen LogP) is 1.93. The van der Waals surface area contributed by atoms with Gasteiger partial charge in [0, 0.05) is 25.2 Å². The van der Waals surface area contributed by atoms with E-state index in [1.54, 1.807) is 0 Å². The molecule has 0 bridgehead atoms. The van der Waals surface area contributed by atoms with E-state index in [1.165, 1.54) is 7.11 Å². The van der Waals surface area contributed by atoms with Crippen LogP contribution in [0.15, 0.2) is 0 Å². The van der Waals surface area contributed by atoms with E-state index in [2.05, 4.69) is 10.2 Å². The van der Waals surface area contributed by atoms with Crippen LogP contribution < -0.4 is 5.32 Å². The quantitative estimate of drug-likeness (QED) is 0.807. The second kappa shape index (κ2) is 6.86. The SMILES string of the molecule is COC(=O)C1CC(N2CCC(NC(=O)OC(C)(C)C)CC2)C1. The monoisotopic (exact) mass is 312 g/mol. The zero-order valence-electron chi connectivity index (χ0n) is 14.1. The number of alkyl carbamates (subject to hydrolysis) is 1. The molecule has 1 aliphatic carbocycles. The second-order valence-electron chi connectivity index (χ2n) is 7.30. The molecule has 22 heavy (non-hydrogen) atoms. The minimum atomic E-state index is -0.459. The number of likely N-dealkylation sites (tertiary alicyclic amines) is 1. The van der Waals surface area contributed by atoms with Crippen LogP contribution in [0.25, 0.3) is 0 Å². The van der Waals surface area contributed by atoms with E-state index in [1.807, 2.05) is 20.8 Å². The lowest BCUT2D eigenvalue weighted by Gasteiger charge is -2.44. The Hall–Kier alpha value is -1.30. The van der Waals surface area contributed by atoms with Crippen LogP contribution in [-0.4, -0.2) is 54.8 Å². The Morgan fingerprint density at radius 2 is 1.73 bits per heavy atom. The summed E-state index contributed by atoms with van der Waals surface area (Å²) in [4.78, 5) is 25.6. The van der Waals surface area contributed by atoms with Crippen molar-refractivity contribution in [3.8, 4) is 0 Å². The van der Waals surface area contributed by atoms with Gasteiger partial charge in [-0.2, -0.15) is 0 Å². The normalized spacial score (nSPS) is 26.9. The first kappa shape index (κ1) is 17.1. The fourth-order valence-electron chi connectivity index (χ4n) is 3.13. The first-order chi connectivity index (χ1) is 10.3. The lowest BCUT2D eigenvalue weighted by molar-refractivity contribution is -0.151. The molecule has 2 aliphatic rings. The Labute approximate surface area is 132 Å². The lowest BCUT2D eigenvalue weighted by atomic mass is 9.78. The molecule has 0 aromatic carbocycles. The van der Waals surface area contributed by atoms with Gasteiger partial charge in [-0.15, -0.1) is 0 Å². The molecule has 126 valence electrons. The molecule has 1 saturated carbocycles. The largest absolute Gasteiger partial charge is 0.469 e. The Morgan fingerprint density at radius 3 is 2.23 bits per heavy atom. The smallest absolute Gasteiger partial charge is 0.407 e. The van der Waals surface area contributed by atoms with Gasteiger partial charge in [-0.25, -0.2) is 4.79 Å². The van der Waals surface area contributed by atoms with Gasteiger partial charge >= 0.3 is 12.1 Å². The molecule has 0 aromatic rings. The fourth-order valence-corrected chi connectivity index (χ4v) is 3.13. The lowest BCUT2D eigenvalue weighted by Crippen LogP contribution is -2.53. The zero-order valence-corrected chi connectivity index (χ0v) is 14.1. The molecule has 6 heteroatoms. The van der Waals surface area contributed by atoms with E-state index in [4.69, 9.17) is 9.47 Å². The van der Waals surface area contributed by atoms with Crippen LogP contribution in [0.3, 0.4) is 0 Å². The molecule has 0 spiro atoms. The average molecular weight is 312 g/mol. The number of ether oxygens (including phenoxy) is 2. The van der Waals surface area contributed by atoms with Gasteiger partial charge in [0.1, 0.15) is 5.60 Å². The van der Waals surface area contributed by atoms with Crippen LogP contribution in [0.5, 0.6) is 0 Å². The number of carbonyl (C=O) groups excluding carboxylic acids is 2. The molecule has 0 aromatic heterocycles. The van der Waals surface area contributed by atoms with Gasteiger partial charge in [0.05, 0.1) is 13.0 Å². The van der Waals surface area contributed by atoms with Gasteiger partial charge in [0.15, 0.2) is 0 Å². The molecule has 1 saturated heterocycles. The number of nitrogens with zero attached hydrogens (tertiary/aromatic N) is 1. The third-order valence-electron chi connectivity index (χ3n) is 4.41. The standard InChI is InChI=1S/C16H28N2O4/c1-16(2,3)22-15(20)17-12-5-7-18(8-6-12)13-9-11(10-13)14(19)21-4/h11-13H,5-10H2,1-4H3,(H,17,20). The van der Waals surface area contributed by atoms with Gasteiger partial charge < -0.3 is 19.7 Å². The number of hydrogen-bond acceptors (Lipinski definition) is 5. The number of rotatable bonds is 3. The van der Waals surface area contributed by atoms with E-state index in [9.17, 15) is 9.59 Å². The van der Waals surface area contributed by atoms with Crippen molar-refractivity contribution in [2.75, 3.05) is 20.2 Å². The van der Waals surface area contributed by atoms with Gasteiger partial charge in [0.2, 0.25) is 0 Å². The minimum absolute atomic E-state index is 0.0765. The van der Waals surface area contributed by atoms with E-state index in [0.717, 1.165) is 38.8 Å². The molecule has 0 atom stereocenters. The maximum Gasteiger partial charge on any atom is 0.407 e. The summed E-state index contributed by atoms with van der Waals surface area (Å²) in [7, 11) is 1.45. The summed E-state index contributed by atoms with van der Waals surface area (Å²) in [6.07, 6.45) is 3.32. The Kier molecular flexibility index (Phi) is 5.32. The molecular formula is C16H28N2O4. The third kappa shape index (κ3) is 4.60. The number of nitrogens with one attached hydrogen (secondary N) is 1. The maximum atomic E-state index is 11.8.